The zero-order chi connectivity index (χ0) is 13.3. The van der Waals surface area contributed by atoms with Gasteiger partial charge in [-0.3, -0.25) is 0 Å². The van der Waals surface area contributed by atoms with Gasteiger partial charge in [0, 0.05) is 10.9 Å². The van der Waals surface area contributed by atoms with Gasteiger partial charge in [-0.15, -0.1) is 0 Å². The van der Waals surface area contributed by atoms with Crippen molar-refractivity contribution in [2.24, 2.45) is 0 Å². The van der Waals surface area contributed by atoms with Crippen molar-refractivity contribution >= 4 is 26.0 Å². The van der Waals surface area contributed by atoms with E-state index in [0.29, 0.717) is 10.2 Å². The molecule has 0 fully saturated rings. The van der Waals surface area contributed by atoms with E-state index in [1.54, 1.807) is 6.07 Å². The maximum atomic E-state index is 12.2. The summed E-state index contributed by atoms with van der Waals surface area (Å²) >= 11 is 3.30. The van der Waals surface area contributed by atoms with E-state index in [4.69, 9.17) is 0 Å². The molecule has 1 rings (SSSR count). The summed E-state index contributed by atoms with van der Waals surface area (Å²) in [5.74, 6) is 0. The van der Waals surface area contributed by atoms with Crippen molar-refractivity contribution in [2.75, 3.05) is 5.33 Å². The zero-order valence-electron chi connectivity index (χ0n) is 10.5. The molecule has 5 heteroatoms. The first-order valence-electron chi connectivity index (χ1n) is 5.35. The van der Waals surface area contributed by atoms with Crippen LogP contribution < -0.4 is 4.72 Å². The SMILES string of the molecule is Cc1ccc(S(=O)(=O)NC(C)(C)CBr)c(C)c1. The number of hydrogen-bond donors (Lipinski definition) is 1. The van der Waals surface area contributed by atoms with Crippen LogP contribution in [0.1, 0.15) is 25.0 Å². The number of alkyl halides is 1. The monoisotopic (exact) mass is 319 g/mol. The van der Waals surface area contributed by atoms with Gasteiger partial charge in [0.25, 0.3) is 0 Å². The Bertz CT molecular complexity index is 509. The van der Waals surface area contributed by atoms with Gasteiger partial charge in [0.1, 0.15) is 0 Å². The lowest BCUT2D eigenvalue weighted by Gasteiger charge is -2.23. The highest BCUT2D eigenvalue weighted by molar-refractivity contribution is 9.09. The van der Waals surface area contributed by atoms with Crippen molar-refractivity contribution in [3.63, 3.8) is 0 Å². The molecule has 0 amide bonds. The van der Waals surface area contributed by atoms with Gasteiger partial charge in [-0.05, 0) is 39.3 Å². The molecule has 0 unspecified atom stereocenters. The first-order valence-corrected chi connectivity index (χ1v) is 7.96. The highest BCUT2D eigenvalue weighted by Gasteiger charge is 2.26. The summed E-state index contributed by atoms with van der Waals surface area (Å²) in [4.78, 5) is 0.345. The van der Waals surface area contributed by atoms with Crippen molar-refractivity contribution in [2.45, 2.75) is 38.1 Å². The highest BCUT2D eigenvalue weighted by Crippen LogP contribution is 2.19. The fourth-order valence-corrected chi connectivity index (χ4v) is 3.51. The van der Waals surface area contributed by atoms with Crippen LogP contribution in [0.3, 0.4) is 0 Å². The third-order valence-electron chi connectivity index (χ3n) is 2.36. The Morgan fingerprint density at radius 1 is 1.29 bits per heavy atom. The van der Waals surface area contributed by atoms with Crippen LogP contribution in [0.2, 0.25) is 0 Å². The molecular weight excluding hydrogens is 302 g/mol. The lowest BCUT2D eigenvalue weighted by molar-refractivity contribution is 0.500. The lowest BCUT2D eigenvalue weighted by Crippen LogP contribution is -2.44. The standard InChI is InChI=1S/C12H18BrNO2S/c1-9-5-6-11(10(2)7-9)17(15,16)14-12(3,4)8-13/h5-7,14H,8H2,1-4H3. The Morgan fingerprint density at radius 3 is 2.35 bits per heavy atom. The van der Waals surface area contributed by atoms with E-state index >= 15 is 0 Å². The summed E-state index contributed by atoms with van der Waals surface area (Å²) < 4.78 is 27.1. The first kappa shape index (κ1) is 14.7. The van der Waals surface area contributed by atoms with Crippen molar-refractivity contribution in [1.29, 1.82) is 0 Å². The fraction of sp³-hybridized carbons (Fsp3) is 0.500. The first-order chi connectivity index (χ1) is 7.68. The summed E-state index contributed by atoms with van der Waals surface area (Å²) in [6.07, 6.45) is 0. The Labute approximate surface area is 112 Å². The van der Waals surface area contributed by atoms with Gasteiger partial charge >= 0.3 is 0 Å². The molecule has 0 saturated carbocycles. The van der Waals surface area contributed by atoms with Gasteiger partial charge in [0.2, 0.25) is 10.0 Å². The number of aryl methyl sites for hydroxylation is 2. The van der Waals surface area contributed by atoms with Crippen LogP contribution in [-0.2, 0) is 10.0 Å². The maximum absolute atomic E-state index is 12.2. The molecule has 96 valence electrons. The molecular formula is C12H18BrNO2S. The third kappa shape index (κ3) is 3.79. The third-order valence-corrected chi connectivity index (χ3v) is 5.62. The Balaban J connectivity index is 3.14. The largest absolute Gasteiger partial charge is 0.241 e. The lowest BCUT2D eigenvalue weighted by atomic mass is 10.1. The van der Waals surface area contributed by atoms with Gasteiger partial charge in [-0.1, -0.05) is 33.6 Å². The second-order valence-corrected chi connectivity index (χ2v) is 7.10. The minimum absolute atomic E-state index is 0.345. The number of hydrogen-bond acceptors (Lipinski definition) is 2. The molecule has 0 radical (unpaired) electrons. The highest BCUT2D eigenvalue weighted by atomic mass is 79.9. The van der Waals surface area contributed by atoms with Crippen LogP contribution >= 0.6 is 15.9 Å². The van der Waals surface area contributed by atoms with Gasteiger partial charge in [0.15, 0.2) is 0 Å². The number of benzene rings is 1. The fourth-order valence-electron chi connectivity index (χ4n) is 1.55. The van der Waals surface area contributed by atoms with E-state index < -0.39 is 15.6 Å². The molecule has 1 aromatic rings. The van der Waals surface area contributed by atoms with Crippen molar-refractivity contribution in [1.82, 2.24) is 4.72 Å². The normalized spacial score (nSPS) is 12.8. The molecule has 0 aliphatic rings. The molecule has 17 heavy (non-hydrogen) atoms. The topological polar surface area (TPSA) is 46.2 Å². The molecule has 0 saturated heterocycles. The summed E-state index contributed by atoms with van der Waals surface area (Å²) in [5.41, 5.74) is 1.32. The van der Waals surface area contributed by atoms with E-state index in [1.165, 1.54) is 0 Å². The van der Waals surface area contributed by atoms with E-state index in [2.05, 4.69) is 20.7 Å². The smallest absolute Gasteiger partial charge is 0.207 e. The van der Waals surface area contributed by atoms with E-state index in [1.807, 2.05) is 39.8 Å². The summed E-state index contributed by atoms with van der Waals surface area (Å²) in [6, 6.07) is 5.33. The zero-order valence-corrected chi connectivity index (χ0v) is 12.9. The Kier molecular flexibility index (Phi) is 4.38. The second-order valence-electron chi connectivity index (χ2n) is 4.89. The van der Waals surface area contributed by atoms with Crippen molar-refractivity contribution in [3.8, 4) is 0 Å². The molecule has 0 bridgehead atoms. The van der Waals surface area contributed by atoms with Gasteiger partial charge in [0.05, 0.1) is 4.90 Å². The maximum Gasteiger partial charge on any atom is 0.241 e. The number of halogens is 1. The molecule has 0 aliphatic carbocycles. The Morgan fingerprint density at radius 2 is 1.88 bits per heavy atom. The van der Waals surface area contributed by atoms with Crippen molar-refractivity contribution in [3.05, 3.63) is 29.3 Å². The predicted octanol–water partition coefficient (Wildman–Crippen LogP) is 2.76. The summed E-state index contributed by atoms with van der Waals surface area (Å²) in [7, 11) is -3.46. The second kappa shape index (κ2) is 5.08. The van der Waals surface area contributed by atoms with E-state index in [0.717, 1.165) is 11.1 Å². The van der Waals surface area contributed by atoms with Crippen LogP contribution in [0.15, 0.2) is 23.1 Å². The van der Waals surface area contributed by atoms with Crippen LogP contribution in [-0.4, -0.2) is 19.3 Å². The average molecular weight is 320 g/mol. The van der Waals surface area contributed by atoms with E-state index in [9.17, 15) is 8.42 Å². The molecule has 0 spiro atoms. The Hall–Kier alpha value is -0.390. The molecule has 1 aromatic carbocycles. The molecule has 0 heterocycles. The van der Waals surface area contributed by atoms with Crippen LogP contribution in [0, 0.1) is 13.8 Å². The molecule has 3 nitrogen and oxygen atoms in total. The van der Waals surface area contributed by atoms with Crippen molar-refractivity contribution < 1.29 is 8.42 Å². The number of sulfonamides is 1. The number of nitrogens with one attached hydrogen (secondary N) is 1. The van der Waals surface area contributed by atoms with Gasteiger partial charge in [-0.2, -0.15) is 0 Å². The summed E-state index contributed by atoms with van der Waals surface area (Å²) in [6.45, 7) is 7.42. The minimum atomic E-state index is -3.46. The van der Waals surface area contributed by atoms with Crippen LogP contribution in [0.4, 0.5) is 0 Å². The van der Waals surface area contributed by atoms with E-state index in [-0.39, 0.29) is 0 Å². The molecule has 0 atom stereocenters. The predicted molar refractivity (Wildman–Crippen MR) is 74.1 cm³/mol. The van der Waals surface area contributed by atoms with Gasteiger partial charge < -0.3 is 0 Å². The minimum Gasteiger partial charge on any atom is -0.207 e. The van der Waals surface area contributed by atoms with Crippen LogP contribution in [0.25, 0.3) is 0 Å². The quantitative estimate of drug-likeness (QED) is 0.867. The average Bonchev–Trinajstić information content (AvgIpc) is 2.15. The summed E-state index contributed by atoms with van der Waals surface area (Å²) in [5, 5.41) is 0.560. The molecule has 1 N–H and O–H groups in total. The molecule has 0 aliphatic heterocycles. The molecule has 0 aromatic heterocycles. The van der Waals surface area contributed by atoms with Crippen LogP contribution in [0.5, 0.6) is 0 Å². The number of rotatable bonds is 4. The van der Waals surface area contributed by atoms with Gasteiger partial charge in [-0.25, -0.2) is 13.1 Å².